The largest absolute Gasteiger partial charge is 0.467 e. The lowest BCUT2D eigenvalue weighted by atomic mass is 9.47. The standard InChI is InChI=1S/C30H41N3O6/c1-29-12-10-20(34)14-18(29)4-5-21-22-6-7-25(30(22,2)13-11-23(21)29)39-27(36)9-8-26(35)33-24(28(37)38-3)15-19-16-31-17-32-19/h14,16-17,21-25H,4-13,15H2,1-3H3,(H,31,32)(H,33,35)/t21?,22?,23?,24?,25?,29-,30-/m0/s1. The van der Waals surface area contributed by atoms with Crippen molar-refractivity contribution in [3.8, 4) is 0 Å². The number of hydrogen-bond donors (Lipinski definition) is 2. The Balaban J connectivity index is 1.15. The number of H-pyrrole nitrogens is 1. The van der Waals surface area contributed by atoms with Crippen LogP contribution in [0.2, 0.25) is 0 Å². The molecule has 5 rings (SSSR count). The van der Waals surface area contributed by atoms with Crippen LogP contribution in [0.25, 0.3) is 0 Å². The second-order valence-electron chi connectivity index (χ2n) is 12.5. The smallest absolute Gasteiger partial charge is 0.328 e. The van der Waals surface area contributed by atoms with Crippen LogP contribution in [0.1, 0.15) is 83.7 Å². The normalized spacial score (nSPS) is 34.1. The molecule has 212 valence electrons. The van der Waals surface area contributed by atoms with Crippen LogP contribution >= 0.6 is 0 Å². The molecular formula is C30H41N3O6. The van der Waals surface area contributed by atoms with Crippen LogP contribution in [0.3, 0.4) is 0 Å². The monoisotopic (exact) mass is 539 g/mol. The topological polar surface area (TPSA) is 127 Å². The molecular weight excluding hydrogens is 498 g/mol. The van der Waals surface area contributed by atoms with Crippen LogP contribution in [0.15, 0.2) is 24.2 Å². The van der Waals surface area contributed by atoms with Crippen molar-refractivity contribution in [2.24, 2.45) is 28.6 Å². The fourth-order valence-electron chi connectivity index (χ4n) is 8.36. The fraction of sp³-hybridized carbons (Fsp3) is 0.700. The number of nitrogens with zero attached hydrogens (tertiary/aromatic N) is 1. The van der Waals surface area contributed by atoms with E-state index in [4.69, 9.17) is 9.47 Å². The maximum absolute atomic E-state index is 12.9. The number of amides is 1. The van der Waals surface area contributed by atoms with E-state index in [2.05, 4.69) is 29.1 Å². The van der Waals surface area contributed by atoms with Gasteiger partial charge in [-0.3, -0.25) is 14.4 Å². The van der Waals surface area contributed by atoms with Crippen molar-refractivity contribution < 1.29 is 28.7 Å². The van der Waals surface area contributed by atoms with Gasteiger partial charge in [0, 0.05) is 36.6 Å². The molecule has 1 heterocycles. The van der Waals surface area contributed by atoms with Gasteiger partial charge in [-0.2, -0.15) is 0 Å². The number of aromatic amines is 1. The lowest BCUT2D eigenvalue weighted by molar-refractivity contribution is -0.160. The number of methoxy groups -OCH3 is 1. The van der Waals surface area contributed by atoms with E-state index in [-0.39, 0.29) is 47.9 Å². The molecule has 1 aromatic rings. The quantitative estimate of drug-likeness (QED) is 0.481. The number of nitrogens with one attached hydrogen (secondary N) is 2. The van der Waals surface area contributed by atoms with Gasteiger partial charge in [-0.25, -0.2) is 9.78 Å². The fourth-order valence-corrected chi connectivity index (χ4v) is 8.36. The van der Waals surface area contributed by atoms with Crippen molar-refractivity contribution in [3.63, 3.8) is 0 Å². The van der Waals surface area contributed by atoms with Crippen molar-refractivity contribution in [1.82, 2.24) is 15.3 Å². The highest BCUT2D eigenvalue weighted by atomic mass is 16.5. The van der Waals surface area contributed by atoms with E-state index in [0.717, 1.165) is 44.9 Å². The Morgan fingerprint density at radius 3 is 2.67 bits per heavy atom. The molecule has 3 fully saturated rings. The molecule has 4 aliphatic carbocycles. The first-order valence-corrected chi connectivity index (χ1v) is 14.4. The first-order chi connectivity index (χ1) is 18.6. The van der Waals surface area contributed by atoms with Gasteiger partial charge in [-0.1, -0.05) is 19.4 Å². The number of aromatic nitrogens is 2. The first-order valence-electron chi connectivity index (χ1n) is 14.4. The molecule has 0 saturated heterocycles. The third-order valence-corrected chi connectivity index (χ3v) is 10.5. The summed E-state index contributed by atoms with van der Waals surface area (Å²) in [4.78, 5) is 56.5. The van der Waals surface area contributed by atoms with Gasteiger partial charge in [0.1, 0.15) is 12.1 Å². The number of carbonyl (C=O) groups is 4. The number of hydrogen-bond acceptors (Lipinski definition) is 7. The van der Waals surface area contributed by atoms with E-state index in [1.807, 2.05) is 6.08 Å². The van der Waals surface area contributed by atoms with Crippen molar-refractivity contribution in [1.29, 1.82) is 0 Å². The minimum Gasteiger partial charge on any atom is -0.467 e. The third-order valence-electron chi connectivity index (χ3n) is 10.5. The lowest BCUT2D eigenvalue weighted by Gasteiger charge is -2.57. The molecule has 5 unspecified atom stereocenters. The van der Waals surface area contributed by atoms with Gasteiger partial charge < -0.3 is 19.8 Å². The zero-order valence-electron chi connectivity index (χ0n) is 23.3. The van der Waals surface area contributed by atoms with Gasteiger partial charge in [-0.15, -0.1) is 0 Å². The number of ketones is 1. The number of imidazole rings is 1. The molecule has 0 radical (unpaired) electrons. The Labute approximate surface area is 229 Å². The van der Waals surface area contributed by atoms with Gasteiger partial charge in [0.05, 0.1) is 19.9 Å². The summed E-state index contributed by atoms with van der Waals surface area (Å²) in [6.07, 6.45) is 12.8. The molecule has 3 saturated carbocycles. The van der Waals surface area contributed by atoms with Crippen LogP contribution in [0, 0.1) is 28.6 Å². The second-order valence-corrected chi connectivity index (χ2v) is 12.5. The van der Waals surface area contributed by atoms with Gasteiger partial charge >= 0.3 is 11.9 Å². The Morgan fingerprint density at radius 1 is 1.10 bits per heavy atom. The van der Waals surface area contributed by atoms with Crippen molar-refractivity contribution >= 4 is 23.6 Å². The van der Waals surface area contributed by atoms with E-state index in [1.54, 1.807) is 6.20 Å². The molecule has 0 aliphatic heterocycles. The van der Waals surface area contributed by atoms with Crippen LogP contribution in [0.5, 0.6) is 0 Å². The molecule has 1 aromatic heterocycles. The zero-order chi connectivity index (χ0) is 27.8. The highest BCUT2D eigenvalue weighted by Gasteiger charge is 2.60. The van der Waals surface area contributed by atoms with E-state index in [1.165, 1.54) is 19.0 Å². The van der Waals surface area contributed by atoms with E-state index in [9.17, 15) is 19.2 Å². The van der Waals surface area contributed by atoms with Gasteiger partial charge in [-0.05, 0) is 74.2 Å². The van der Waals surface area contributed by atoms with Gasteiger partial charge in [0.25, 0.3) is 0 Å². The Morgan fingerprint density at radius 2 is 1.92 bits per heavy atom. The SMILES string of the molecule is COC(=O)C(Cc1cnc[nH]1)NC(=O)CCC(=O)OC1CCC2C3CCC4=CC(=O)CC[C@]4(C)C3CC[C@]12C. The predicted octanol–water partition coefficient (Wildman–Crippen LogP) is 3.83. The number of carbonyl (C=O) groups excluding carboxylic acids is 4. The molecule has 39 heavy (non-hydrogen) atoms. The van der Waals surface area contributed by atoms with Crippen molar-refractivity contribution in [3.05, 3.63) is 29.9 Å². The summed E-state index contributed by atoms with van der Waals surface area (Å²) >= 11 is 0. The molecule has 9 nitrogen and oxygen atoms in total. The third kappa shape index (κ3) is 5.29. The van der Waals surface area contributed by atoms with Crippen LogP contribution in [0.4, 0.5) is 0 Å². The van der Waals surface area contributed by atoms with E-state index in [0.29, 0.717) is 29.9 Å². The number of allylic oxidation sites excluding steroid dienone is 1. The molecule has 4 aliphatic rings. The Kier molecular flexibility index (Phi) is 7.71. The molecule has 9 heteroatoms. The second kappa shape index (κ2) is 10.9. The number of esters is 2. The number of ether oxygens (including phenoxy) is 2. The van der Waals surface area contributed by atoms with Crippen molar-refractivity contribution in [2.75, 3.05) is 7.11 Å². The lowest BCUT2D eigenvalue weighted by Crippen LogP contribution is -2.51. The summed E-state index contributed by atoms with van der Waals surface area (Å²) in [5.74, 6) is 0.653. The molecule has 2 N–H and O–H groups in total. The van der Waals surface area contributed by atoms with Gasteiger partial charge in [0.2, 0.25) is 5.91 Å². The maximum atomic E-state index is 12.9. The average molecular weight is 540 g/mol. The van der Waals surface area contributed by atoms with Crippen LogP contribution in [-0.2, 0) is 35.1 Å². The van der Waals surface area contributed by atoms with Crippen LogP contribution < -0.4 is 5.32 Å². The Hall–Kier alpha value is -2.97. The van der Waals surface area contributed by atoms with Gasteiger partial charge in [0.15, 0.2) is 5.78 Å². The highest BCUT2D eigenvalue weighted by Crippen LogP contribution is 2.65. The first kappa shape index (κ1) is 27.6. The zero-order valence-corrected chi connectivity index (χ0v) is 23.3. The van der Waals surface area contributed by atoms with E-state index >= 15 is 0 Å². The summed E-state index contributed by atoms with van der Waals surface area (Å²) in [7, 11) is 1.27. The maximum Gasteiger partial charge on any atom is 0.328 e. The molecule has 0 spiro atoms. The predicted molar refractivity (Wildman–Crippen MR) is 142 cm³/mol. The molecule has 0 aromatic carbocycles. The summed E-state index contributed by atoms with van der Waals surface area (Å²) in [5.41, 5.74) is 2.13. The van der Waals surface area contributed by atoms with Crippen molar-refractivity contribution in [2.45, 2.75) is 96.6 Å². The molecule has 1 amide bonds. The summed E-state index contributed by atoms with van der Waals surface area (Å²) in [5, 5.41) is 2.67. The van der Waals surface area contributed by atoms with Crippen LogP contribution in [-0.4, -0.2) is 52.9 Å². The number of fused-ring (bicyclic) bond motifs is 5. The molecule has 7 atom stereocenters. The average Bonchev–Trinajstić information content (AvgIpc) is 3.54. The minimum atomic E-state index is -0.862. The highest BCUT2D eigenvalue weighted by molar-refractivity contribution is 5.91. The minimum absolute atomic E-state index is 0.0344. The summed E-state index contributed by atoms with van der Waals surface area (Å²) in [6.45, 7) is 4.67. The Bertz CT molecular complexity index is 1150. The van der Waals surface area contributed by atoms with E-state index < -0.39 is 17.9 Å². The summed E-state index contributed by atoms with van der Waals surface area (Å²) < 4.78 is 10.9. The summed E-state index contributed by atoms with van der Waals surface area (Å²) in [6, 6.07) is -0.862. The molecule has 0 bridgehead atoms. The number of rotatable bonds is 8.